The smallest absolute Gasteiger partial charge is 0.123 e. The summed E-state index contributed by atoms with van der Waals surface area (Å²) in [7, 11) is 0. The summed E-state index contributed by atoms with van der Waals surface area (Å²) >= 11 is 6.70. The highest BCUT2D eigenvalue weighted by Crippen LogP contribution is 2.38. The van der Waals surface area contributed by atoms with Crippen LogP contribution in [0.1, 0.15) is 70.3 Å². The Balaban J connectivity index is 1.64. The van der Waals surface area contributed by atoms with Gasteiger partial charge in [-0.05, 0) is 48.1 Å². The average Bonchev–Trinajstić information content (AvgIpc) is 3.64. The molecule has 0 amide bonds. The number of anilines is 2. The fraction of sp³-hybridized carbons (Fsp3) is 0.345. The Hall–Kier alpha value is -4.21. The molecule has 0 unspecified atom stereocenters. The lowest BCUT2D eigenvalue weighted by Gasteiger charge is -2.31. The Morgan fingerprint density at radius 2 is 1.95 bits per heavy atom. The second-order valence-electron chi connectivity index (χ2n) is 10.8. The van der Waals surface area contributed by atoms with Gasteiger partial charge < -0.3 is 10.6 Å². The van der Waals surface area contributed by atoms with Crippen LogP contribution in [-0.2, 0) is 0 Å². The fourth-order valence-corrected chi connectivity index (χ4v) is 4.63. The average molecular weight is 544 g/mol. The first-order valence-corrected chi connectivity index (χ1v) is 13.0. The number of halogens is 2. The molecule has 0 saturated heterocycles. The largest absolute Gasteiger partial charge is 0.379 e. The van der Waals surface area contributed by atoms with Crippen LogP contribution in [0.15, 0.2) is 48.8 Å². The van der Waals surface area contributed by atoms with Gasteiger partial charge in [-0.3, -0.25) is 4.98 Å². The van der Waals surface area contributed by atoms with Gasteiger partial charge in [0.25, 0.3) is 0 Å². The van der Waals surface area contributed by atoms with E-state index in [4.69, 9.17) is 11.6 Å². The third-order valence-electron chi connectivity index (χ3n) is 6.79. The molecule has 0 aliphatic heterocycles. The second kappa shape index (κ2) is 10.5. The van der Waals surface area contributed by atoms with Crippen molar-refractivity contribution >= 4 is 33.9 Å². The van der Waals surface area contributed by atoms with Crippen LogP contribution in [0.5, 0.6) is 0 Å². The molecule has 1 aliphatic rings. The monoisotopic (exact) mass is 543 g/mol. The molecule has 2 atom stereocenters. The third-order valence-corrected chi connectivity index (χ3v) is 7.08. The van der Waals surface area contributed by atoms with Crippen LogP contribution in [0.25, 0.3) is 10.9 Å². The summed E-state index contributed by atoms with van der Waals surface area (Å²) in [6, 6.07) is 11.9. The summed E-state index contributed by atoms with van der Waals surface area (Å²) in [5.74, 6) is -0.418. The lowest BCUT2D eigenvalue weighted by Crippen LogP contribution is -2.34. The van der Waals surface area contributed by atoms with E-state index in [-0.39, 0.29) is 23.9 Å². The minimum atomic E-state index is -1.64. The molecule has 10 heteroatoms. The maximum Gasteiger partial charge on any atom is 0.123 e. The van der Waals surface area contributed by atoms with E-state index in [1.807, 2.05) is 20.8 Å². The number of nitriles is 2. The number of hydrogen-bond acceptors (Lipinski definition) is 7. The molecular formula is C29H28ClFN8. The van der Waals surface area contributed by atoms with Gasteiger partial charge in [-0.2, -0.15) is 10.5 Å². The fourth-order valence-electron chi connectivity index (χ4n) is 4.37. The van der Waals surface area contributed by atoms with E-state index in [0.717, 1.165) is 12.8 Å². The van der Waals surface area contributed by atoms with Gasteiger partial charge in [0.05, 0.1) is 53.9 Å². The molecule has 1 fully saturated rings. The van der Waals surface area contributed by atoms with Crippen molar-refractivity contribution in [2.24, 2.45) is 5.41 Å². The number of nitrogens with zero attached hydrogens (tertiary/aromatic N) is 6. The maximum absolute atomic E-state index is 13.8. The van der Waals surface area contributed by atoms with Crippen LogP contribution in [-0.4, -0.2) is 26.0 Å². The number of benzene rings is 2. The van der Waals surface area contributed by atoms with Crippen LogP contribution >= 0.6 is 11.6 Å². The van der Waals surface area contributed by atoms with Gasteiger partial charge in [-0.15, -0.1) is 5.10 Å². The minimum Gasteiger partial charge on any atom is -0.379 e. The summed E-state index contributed by atoms with van der Waals surface area (Å²) in [6.07, 6.45) is 5.43. The molecule has 1 aliphatic carbocycles. The van der Waals surface area contributed by atoms with Crippen LogP contribution in [0.2, 0.25) is 5.02 Å². The highest BCUT2D eigenvalue weighted by molar-refractivity contribution is 6.35. The first kappa shape index (κ1) is 25.1. The topological polar surface area (TPSA) is 115 Å². The summed E-state index contributed by atoms with van der Waals surface area (Å²) in [6.45, 7) is 6.05. The zero-order valence-electron chi connectivity index (χ0n) is 22.8. The van der Waals surface area contributed by atoms with Crippen molar-refractivity contribution in [2.45, 2.75) is 58.1 Å². The summed E-state index contributed by atoms with van der Waals surface area (Å²) in [5.41, 5.74) is 2.24. The van der Waals surface area contributed by atoms with Crippen molar-refractivity contribution in [3.63, 3.8) is 0 Å². The molecule has 4 aromatic rings. The van der Waals surface area contributed by atoms with E-state index in [9.17, 15) is 16.3 Å². The van der Waals surface area contributed by atoms with E-state index < -0.39 is 11.8 Å². The molecule has 0 bridgehead atoms. The molecule has 8 nitrogen and oxygen atoms in total. The summed E-state index contributed by atoms with van der Waals surface area (Å²) in [4.78, 5) is 4.42. The van der Waals surface area contributed by atoms with E-state index >= 15 is 0 Å². The lowest BCUT2D eigenvalue weighted by molar-refractivity contribution is 0.344. The molecule has 2 aromatic heterocycles. The van der Waals surface area contributed by atoms with Crippen LogP contribution in [0.4, 0.5) is 15.8 Å². The Labute approximate surface area is 232 Å². The van der Waals surface area contributed by atoms with E-state index in [2.05, 4.69) is 38.1 Å². The van der Waals surface area contributed by atoms with Gasteiger partial charge in [0.15, 0.2) is 0 Å². The quantitative estimate of drug-likeness (QED) is 0.252. The molecule has 198 valence electrons. The molecule has 5 rings (SSSR count). The predicted octanol–water partition coefficient (Wildman–Crippen LogP) is 6.77. The number of aromatic nitrogens is 4. The Morgan fingerprint density at radius 1 is 1.21 bits per heavy atom. The SMILES string of the molecule is [2H][C@](Nc1cc(Cl)c2ncc(C#N)c(N[C@H](CC#N)C(C)(C)C)c2c1)(c1ccc(F)cc1)c1cn(C2CC2)nn1. The Morgan fingerprint density at radius 3 is 2.59 bits per heavy atom. The number of rotatable bonds is 8. The van der Waals surface area contributed by atoms with Crippen LogP contribution in [0, 0.1) is 33.9 Å². The molecule has 0 spiro atoms. The van der Waals surface area contributed by atoms with Crippen LogP contribution < -0.4 is 10.6 Å². The van der Waals surface area contributed by atoms with Crippen LogP contribution in [0.3, 0.4) is 0 Å². The highest BCUT2D eigenvalue weighted by atomic mass is 35.5. The molecule has 2 heterocycles. The molecule has 1 saturated carbocycles. The number of fused-ring (bicyclic) bond motifs is 1. The molecular weight excluding hydrogens is 515 g/mol. The van der Waals surface area contributed by atoms with E-state index in [0.29, 0.717) is 44.1 Å². The van der Waals surface area contributed by atoms with Crippen molar-refractivity contribution in [3.8, 4) is 12.1 Å². The third kappa shape index (κ3) is 5.64. The first-order valence-electron chi connectivity index (χ1n) is 13.2. The lowest BCUT2D eigenvalue weighted by atomic mass is 9.84. The van der Waals surface area contributed by atoms with Crippen molar-refractivity contribution in [2.75, 3.05) is 10.6 Å². The van der Waals surface area contributed by atoms with Crippen molar-refractivity contribution in [3.05, 3.63) is 76.5 Å². The number of pyridine rings is 1. The van der Waals surface area contributed by atoms with Crippen molar-refractivity contribution < 1.29 is 5.76 Å². The minimum absolute atomic E-state index is 0.223. The van der Waals surface area contributed by atoms with E-state index in [1.165, 1.54) is 30.5 Å². The van der Waals surface area contributed by atoms with Crippen molar-refractivity contribution in [1.82, 2.24) is 20.0 Å². The zero-order valence-corrected chi connectivity index (χ0v) is 22.6. The maximum atomic E-state index is 13.8. The van der Waals surface area contributed by atoms with E-state index in [1.54, 1.807) is 23.0 Å². The number of hydrogen-bond donors (Lipinski definition) is 2. The Kier molecular flexibility index (Phi) is 6.76. The molecule has 2 N–H and O–H groups in total. The zero-order chi connectivity index (χ0) is 28.7. The number of nitrogens with one attached hydrogen (secondary N) is 2. The van der Waals surface area contributed by atoms with Gasteiger partial charge in [-0.25, -0.2) is 9.07 Å². The predicted molar refractivity (Wildman–Crippen MR) is 149 cm³/mol. The first-order chi connectivity index (χ1) is 19.0. The Bertz CT molecular complexity index is 1650. The normalized spacial score (nSPS) is 16.0. The van der Waals surface area contributed by atoms with Gasteiger partial charge >= 0.3 is 0 Å². The standard InChI is InChI=1S/C29H28ClFN8/c1-29(2,3)25(10-11-32)36-26-18(14-33)15-34-28-22(26)12-20(13-23(28)30)35-27(17-4-6-19(31)7-5-17)24-16-39(38-37-24)21-8-9-21/h4-7,12-13,15-16,21,25,27,35H,8-10H2,1-3H3,(H,34,36)/t25-,27+/m1/s1/i27D. The second-order valence-corrected chi connectivity index (χ2v) is 11.2. The van der Waals surface area contributed by atoms with Gasteiger partial charge in [-0.1, -0.05) is 49.7 Å². The molecule has 0 radical (unpaired) electrons. The van der Waals surface area contributed by atoms with Gasteiger partial charge in [0.1, 0.15) is 17.6 Å². The van der Waals surface area contributed by atoms with Crippen molar-refractivity contribution in [1.29, 1.82) is 10.5 Å². The van der Waals surface area contributed by atoms with Gasteiger partial charge in [0, 0.05) is 23.3 Å². The summed E-state index contributed by atoms with van der Waals surface area (Å²) < 4.78 is 25.1. The highest BCUT2D eigenvalue weighted by Gasteiger charge is 2.28. The summed E-state index contributed by atoms with van der Waals surface area (Å²) in [5, 5.41) is 35.4. The molecule has 39 heavy (non-hydrogen) atoms. The van der Waals surface area contributed by atoms with Gasteiger partial charge in [0.2, 0.25) is 0 Å². The molecule has 2 aromatic carbocycles.